The summed E-state index contributed by atoms with van der Waals surface area (Å²) in [5, 5.41) is 11.1. The van der Waals surface area contributed by atoms with E-state index < -0.39 is 0 Å². The van der Waals surface area contributed by atoms with Crippen molar-refractivity contribution in [3.8, 4) is 6.07 Å². The number of nitrogens with one attached hydrogen (secondary N) is 1. The Morgan fingerprint density at radius 2 is 2.33 bits per heavy atom. The third kappa shape index (κ3) is 4.23. The molecule has 0 aliphatic carbocycles. The summed E-state index contributed by atoms with van der Waals surface area (Å²) in [5.74, 6) is -0.160. The normalized spacial score (nSPS) is 9.27. The van der Waals surface area contributed by atoms with Crippen molar-refractivity contribution in [2.24, 2.45) is 0 Å². The summed E-state index contributed by atoms with van der Waals surface area (Å²) in [5.41, 5.74) is 0.429. The van der Waals surface area contributed by atoms with Gasteiger partial charge >= 0.3 is 0 Å². The monoisotopic (exact) mass is 203 g/mol. The van der Waals surface area contributed by atoms with Crippen molar-refractivity contribution in [3.05, 3.63) is 30.1 Å². The Kier molecular flexibility index (Phi) is 4.88. The van der Waals surface area contributed by atoms with Crippen LogP contribution in [0.25, 0.3) is 0 Å². The Morgan fingerprint density at radius 1 is 1.47 bits per heavy atom. The molecular weight excluding hydrogens is 190 g/mol. The summed E-state index contributed by atoms with van der Waals surface area (Å²) in [6.07, 6.45) is 3.77. The molecule has 4 heteroatoms. The standard InChI is InChI=1S/C11H13N3O/c12-7-3-1-4-9-14-11(15)10-6-2-5-8-13-10/h2,5-6,8H,1,3-4,9H2,(H,14,15). The zero-order valence-electron chi connectivity index (χ0n) is 8.44. The first-order valence-electron chi connectivity index (χ1n) is 4.91. The largest absolute Gasteiger partial charge is 0.351 e. The van der Waals surface area contributed by atoms with Gasteiger partial charge in [-0.15, -0.1) is 0 Å². The third-order valence-corrected chi connectivity index (χ3v) is 1.90. The van der Waals surface area contributed by atoms with Gasteiger partial charge in [-0.2, -0.15) is 5.26 Å². The van der Waals surface area contributed by atoms with E-state index in [1.54, 1.807) is 24.4 Å². The Morgan fingerprint density at radius 3 is 3.00 bits per heavy atom. The van der Waals surface area contributed by atoms with Crippen LogP contribution >= 0.6 is 0 Å². The zero-order valence-corrected chi connectivity index (χ0v) is 8.44. The van der Waals surface area contributed by atoms with Crippen LogP contribution in [-0.4, -0.2) is 17.4 Å². The molecule has 0 aliphatic rings. The average Bonchev–Trinajstić information content (AvgIpc) is 2.30. The minimum Gasteiger partial charge on any atom is -0.351 e. The van der Waals surface area contributed by atoms with Gasteiger partial charge in [0.15, 0.2) is 0 Å². The van der Waals surface area contributed by atoms with E-state index in [1.807, 2.05) is 0 Å². The van der Waals surface area contributed by atoms with Crippen molar-refractivity contribution < 1.29 is 4.79 Å². The highest BCUT2D eigenvalue weighted by Gasteiger charge is 2.03. The molecule has 0 fully saturated rings. The van der Waals surface area contributed by atoms with Crippen molar-refractivity contribution in [3.63, 3.8) is 0 Å². The molecule has 1 heterocycles. The first-order valence-corrected chi connectivity index (χ1v) is 4.91. The topological polar surface area (TPSA) is 65.8 Å². The fraction of sp³-hybridized carbons (Fsp3) is 0.364. The second kappa shape index (κ2) is 6.55. The molecule has 0 radical (unpaired) electrons. The number of hydrogen-bond acceptors (Lipinski definition) is 3. The molecule has 4 nitrogen and oxygen atoms in total. The minimum atomic E-state index is -0.160. The van der Waals surface area contributed by atoms with Crippen LogP contribution in [0.3, 0.4) is 0 Å². The molecule has 0 saturated carbocycles. The van der Waals surface area contributed by atoms with Gasteiger partial charge in [0.05, 0.1) is 6.07 Å². The SMILES string of the molecule is N#CCCCCNC(=O)c1ccccn1. The molecule has 0 unspecified atom stereocenters. The molecule has 78 valence electrons. The van der Waals surface area contributed by atoms with Crippen molar-refractivity contribution in [1.82, 2.24) is 10.3 Å². The molecule has 0 saturated heterocycles. The van der Waals surface area contributed by atoms with Gasteiger partial charge in [0.1, 0.15) is 5.69 Å². The highest BCUT2D eigenvalue weighted by Crippen LogP contribution is 1.95. The van der Waals surface area contributed by atoms with E-state index in [4.69, 9.17) is 5.26 Å². The summed E-state index contributed by atoms with van der Waals surface area (Å²) < 4.78 is 0. The van der Waals surface area contributed by atoms with E-state index in [-0.39, 0.29) is 5.91 Å². The number of rotatable bonds is 5. The number of nitrogens with zero attached hydrogens (tertiary/aromatic N) is 2. The molecule has 1 aromatic heterocycles. The number of amides is 1. The molecule has 0 spiro atoms. The second-order valence-electron chi connectivity index (χ2n) is 3.09. The summed E-state index contributed by atoms with van der Waals surface area (Å²) in [4.78, 5) is 15.4. The van der Waals surface area contributed by atoms with Crippen molar-refractivity contribution in [2.45, 2.75) is 19.3 Å². The van der Waals surface area contributed by atoms with Crippen molar-refractivity contribution in [2.75, 3.05) is 6.54 Å². The van der Waals surface area contributed by atoms with Crippen LogP contribution in [0, 0.1) is 11.3 Å². The lowest BCUT2D eigenvalue weighted by molar-refractivity contribution is 0.0948. The van der Waals surface area contributed by atoms with Crippen LogP contribution in [0.15, 0.2) is 24.4 Å². The van der Waals surface area contributed by atoms with Crippen molar-refractivity contribution in [1.29, 1.82) is 5.26 Å². The number of nitriles is 1. The molecule has 0 atom stereocenters. The lowest BCUT2D eigenvalue weighted by Gasteiger charge is -2.02. The third-order valence-electron chi connectivity index (χ3n) is 1.90. The van der Waals surface area contributed by atoms with E-state index in [0.29, 0.717) is 18.7 Å². The molecule has 1 rings (SSSR count). The van der Waals surface area contributed by atoms with Crippen LogP contribution < -0.4 is 5.32 Å². The van der Waals surface area contributed by atoms with Gasteiger partial charge in [0, 0.05) is 19.2 Å². The number of hydrogen-bond donors (Lipinski definition) is 1. The molecule has 1 aromatic rings. The number of unbranched alkanes of at least 4 members (excludes halogenated alkanes) is 2. The fourth-order valence-electron chi connectivity index (χ4n) is 1.12. The second-order valence-corrected chi connectivity index (χ2v) is 3.09. The first-order chi connectivity index (χ1) is 7.34. The van der Waals surface area contributed by atoms with Gasteiger partial charge in [-0.3, -0.25) is 9.78 Å². The van der Waals surface area contributed by atoms with Gasteiger partial charge in [-0.05, 0) is 25.0 Å². The lowest BCUT2D eigenvalue weighted by Crippen LogP contribution is -2.25. The van der Waals surface area contributed by atoms with Crippen LogP contribution in [0.4, 0.5) is 0 Å². The maximum Gasteiger partial charge on any atom is 0.269 e. The highest BCUT2D eigenvalue weighted by atomic mass is 16.1. The van der Waals surface area contributed by atoms with E-state index in [2.05, 4.69) is 16.4 Å². The number of carbonyl (C=O) groups is 1. The van der Waals surface area contributed by atoms with Gasteiger partial charge in [0.2, 0.25) is 0 Å². The lowest BCUT2D eigenvalue weighted by atomic mass is 10.2. The highest BCUT2D eigenvalue weighted by molar-refractivity contribution is 5.92. The van der Waals surface area contributed by atoms with Crippen LogP contribution in [0.5, 0.6) is 0 Å². The predicted molar refractivity (Wildman–Crippen MR) is 56.0 cm³/mol. The summed E-state index contributed by atoms with van der Waals surface area (Å²) >= 11 is 0. The predicted octanol–water partition coefficient (Wildman–Crippen LogP) is 1.51. The molecule has 1 N–H and O–H groups in total. The zero-order chi connectivity index (χ0) is 10.9. The van der Waals surface area contributed by atoms with Crippen molar-refractivity contribution >= 4 is 5.91 Å². The smallest absolute Gasteiger partial charge is 0.269 e. The van der Waals surface area contributed by atoms with E-state index in [9.17, 15) is 4.79 Å². The number of carbonyl (C=O) groups excluding carboxylic acids is 1. The molecule has 0 bridgehead atoms. The van der Waals surface area contributed by atoms with Gasteiger partial charge in [-0.1, -0.05) is 6.07 Å². The molecular formula is C11H13N3O. The van der Waals surface area contributed by atoms with Crippen LogP contribution in [0.1, 0.15) is 29.8 Å². The maximum atomic E-state index is 11.4. The van der Waals surface area contributed by atoms with Gasteiger partial charge < -0.3 is 5.32 Å². The Labute approximate surface area is 88.9 Å². The first kappa shape index (κ1) is 11.2. The molecule has 0 aromatic carbocycles. The Bertz CT molecular complexity index is 343. The Hall–Kier alpha value is -1.89. The summed E-state index contributed by atoms with van der Waals surface area (Å²) in [6, 6.07) is 7.28. The summed E-state index contributed by atoms with van der Waals surface area (Å²) in [6.45, 7) is 0.594. The fourth-order valence-corrected chi connectivity index (χ4v) is 1.12. The maximum absolute atomic E-state index is 11.4. The quantitative estimate of drug-likeness (QED) is 0.737. The molecule has 0 aliphatic heterocycles. The van der Waals surface area contributed by atoms with E-state index >= 15 is 0 Å². The number of aromatic nitrogens is 1. The molecule has 15 heavy (non-hydrogen) atoms. The number of pyridine rings is 1. The van der Waals surface area contributed by atoms with Gasteiger partial charge in [0.25, 0.3) is 5.91 Å². The van der Waals surface area contributed by atoms with Crippen LogP contribution in [0.2, 0.25) is 0 Å². The Balaban J connectivity index is 2.23. The summed E-state index contributed by atoms with van der Waals surface area (Å²) in [7, 11) is 0. The van der Waals surface area contributed by atoms with Gasteiger partial charge in [-0.25, -0.2) is 0 Å². The van der Waals surface area contributed by atoms with E-state index in [1.165, 1.54) is 0 Å². The molecule has 1 amide bonds. The van der Waals surface area contributed by atoms with Crippen LogP contribution in [-0.2, 0) is 0 Å². The average molecular weight is 203 g/mol. The minimum absolute atomic E-state index is 0.160. The van der Waals surface area contributed by atoms with E-state index in [0.717, 1.165) is 12.8 Å².